The maximum Gasteiger partial charge on any atom is 0.472 e. The van der Waals surface area contributed by atoms with Gasteiger partial charge in [0.2, 0.25) is 0 Å². The fourth-order valence-corrected chi connectivity index (χ4v) is 5.47. The highest BCUT2D eigenvalue weighted by atomic mass is 31.2. The zero-order chi connectivity index (χ0) is 38.5. The number of carboxylic acid groups (broad SMARTS) is 1. The Kier molecular flexibility index (Phi) is 33.3. The van der Waals surface area contributed by atoms with Crippen molar-refractivity contribution >= 4 is 25.7 Å². The Hall–Kier alpha value is -2.82. The van der Waals surface area contributed by atoms with E-state index in [4.69, 9.17) is 24.8 Å². The Labute approximate surface area is 313 Å². The van der Waals surface area contributed by atoms with Crippen LogP contribution in [-0.2, 0) is 37.5 Å². The van der Waals surface area contributed by atoms with Crippen molar-refractivity contribution in [3.05, 3.63) is 60.8 Å². The molecule has 4 N–H and O–H groups in total. The highest BCUT2D eigenvalue weighted by Crippen LogP contribution is 2.43. The van der Waals surface area contributed by atoms with Gasteiger partial charge < -0.3 is 25.2 Å². The molecule has 0 aliphatic rings. The molecule has 298 valence electrons. The van der Waals surface area contributed by atoms with Gasteiger partial charge in [-0.25, -0.2) is 4.57 Å². The lowest BCUT2D eigenvalue weighted by Crippen LogP contribution is -2.34. The molecule has 0 heterocycles. The fourth-order valence-electron chi connectivity index (χ4n) is 4.70. The minimum absolute atomic E-state index is 0.120. The molecule has 12 heteroatoms. The molecular weight excluding hydrogens is 685 g/mol. The molecule has 0 fully saturated rings. The first-order valence-electron chi connectivity index (χ1n) is 19.3. The Balaban J connectivity index is 4.51. The average Bonchev–Trinajstić information content (AvgIpc) is 3.12. The van der Waals surface area contributed by atoms with Crippen molar-refractivity contribution in [1.82, 2.24) is 0 Å². The molecule has 0 aromatic heterocycles. The third-order valence-corrected chi connectivity index (χ3v) is 8.70. The molecule has 0 aromatic carbocycles. The molecule has 11 nitrogen and oxygen atoms in total. The highest BCUT2D eigenvalue weighted by Gasteiger charge is 2.28. The summed E-state index contributed by atoms with van der Waals surface area (Å²) in [6.45, 7) is 2.58. The van der Waals surface area contributed by atoms with Crippen LogP contribution in [0.25, 0.3) is 0 Å². The van der Waals surface area contributed by atoms with Gasteiger partial charge in [-0.15, -0.1) is 0 Å². The summed E-state index contributed by atoms with van der Waals surface area (Å²) in [5.74, 6) is -2.45. The average molecular weight is 754 g/mol. The third kappa shape index (κ3) is 34.3. The topological polar surface area (TPSA) is 172 Å². The number of phosphoric acid groups is 1. The van der Waals surface area contributed by atoms with Crippen molar-refractivity contribution in [2.24, 2.45) is 5.73 Å². The second kappa shape index (κ2) is 35.2. The van der Waals surface area contributed by atoms with Crippen LogP contribution in [-0.4, -0.2) is 59.9 Å². The largest absolute Gasteiger partial charge is 0.480 e. The maximum atomic E-state index is 12.5. The zero-order valence-electron chi connectivity index (χ0n) is 31.9. The molecule has 0 aliphatic carbocycles. The normalized spacial score (nSPS) is 14.5. The van der Waals surface area contributed by atoms with Gasteiger partial charge in [0.1, 0.15) is 12.6 Å². The number of carbonyl (C=O) groups excluding carboxylic acids is 2. The Morgan fingerprint density at radius 1 is 0.615 bits per heavy atom. The summed E-state index contributed by atoms with van der Waals surface area (Å²) in [5.41, 5.74) is 5.31. The number of unbranched alkanes of at least 4 members (excludes halogenated alkanes) is 11. The second-order valence-corrected chi connectivity index (χ2v) is 14.1. The maximum absolute atomic E-state index is 12.5. The summed E-state index contributed by atoms with van der Waals surface area (Å²) in [7, 11) is -4.72. The van der Waals surface area contributed by atoms with E-state index in [1.165, 1.54) is 19.3 Å². The fraction of sp³-hybridized carbons (Fsp3) is 0.675. The summed E-state index contributed by atoms with van der Waals surface area (Å²) in [5, 5.41) is 8.86. The van der Waals surface area contributed by atoms with Crippen molar-refractivity contribution in [3.8, 4) is 0 Å². The number of hydrogen-bond donors (Lipinski definition) is 3. The van der Waals surface area contributed by atoms with Crippen molar-refractivity contribution in [2.75, 3.05) is 19.8 Å². The van der Waals surface area contributed by atoms with E-state index in [2.05, 4.69) is 79.1 Å². The lowest BCUT2D eigenvalue weighted by molar-refractivity contribution is -0.161. The van der Waals surface area contributed by atoms with E-state index >= 15 is 0 Å². The van der Waals surface area contributed by atoms with E-state index in [-0.39, 0.29) is 19.4 Å². The molecule has 0 aromatic rings. The summed E-state index contributed by atoms with van der Waals surface area (Å²) >= 11 is 0. The van der Waals surface area contributed by atoms with E-state index in [0.29, 0.717) is 12.8 Å². The molecule has 3 atom stereocenters. The standard InChI is InChI=1S/C40H68NO10P/c1-3-5-7-9-11-13-15-17-18-20-21-23-25-27-29-31-38(42)48-33-36(34-49-52(46,47)50-35-37(41)40(44)45)51-39(43)32-30-28-26-24-22-19-16-14-12-10-8-6-4-2/h6,8,11-14,17-19,22,36-37H,3-5,7,9-10,15-16,20-21,23-35,41H2,1-2H3,(H,44,45)(H,46,47)/b8-6-,13-11-,14-12-,18-17-,22-19-. The van der Waals surface area contributed by atoms with Crippen molar-refractivity contribution in [3.63, 3.8) is 0 Å². The molecule has 0 saturated heterocycles. The van der Waals surface area contributed by atoms with Crippen LogP contribution in [0.2, 0.25) is 0 Å². The van der Waals surface area contributed by atoms with Crippen molar-refractivity contribution in [1.29, 1.82) is 0 Å². The molecule has 0 aliphatic heterocycles. The van der Waals surface area contributed by atoms with Gasteiger partial charge in [0.25, 0.3) is 0 Å². The predicted molar refractivity (Wildman–Crippen MR) is 208 cm³/mol. The number of rotatable bonds is 35. The number of allylic oxidation sites excluding steroid dienone is 10. The van der Waals surface area contributed by atoms with Crippen LogP contribution < -0.4 is 5.73 Å². The SMILES string of the molecule is CC/C=C\C/C=C\C/C=C\CCCCCC(=O)OC(COC(=O)CCCCCCC/C=C\C/C=C\CCCCC)COP(=O)(O)OCC(N)C(=O)O. The van der Waals surface area contributed by atoms with Crippen LogP contribution in [0.15, 0.2) is 60.8 Å². The lowest BCUT2D eigenvalue weighted by atomic mass is 10.1. The number of carboxylic acids is 1. The first-order chi connectivity index (χ1) is 25.1. The van der Waals surface area contributed by atoms with Gasteiger partial charge in [-0.3, -0.25) is 23.4 Å². The number of carbonyl (C=O) groups is 3. The molecule has 0 spiro atoms. The number of ether oxygens (including phenoxy) is 2. The molecule has 0 radical (unpaired) electrons. The first kappa shape index (κ1) is 49.2. The van der Waals surface area contributed by atoms with Gasteiger partial charge in [-0.05, 0) is 77.0 Å². The van der Waals surface area contributed by atoms with E-state index in [9.17, 15) is 23.8 Å². The molecule has 0 amide bonds. The molecule has 0 saturated carbocycles. The van der Waals surface area contributed by atoms with E-state index < -0.39 is 51.1 Å². The van der Waals surface area contributed by atoms with Crippen LogP contribution in [0, 0.1) is 0 Å². The monoisotopic (exact) mass is 753 g/mol. The summed E-state index contributed by atoms with van der Waals surface area (Å²) in [6.07, 6.45) is 38.6. The highest BCUT2D eigenvalue weighted by molar-refractivity contribution is 7.47. The third-order valence-electron chi connectivity index (χ3n) is 7.75. The van der Waals surface area contributed by atoms with Crippen molar-refractivity contribution in [2.45, 2.75) is 154 Å². The quantitative estimate of drug-likeness (QED) is 0.0244. The molecule has 3 unspecified atom stereocenters. The van der Waals surface area contributed by atoms with Gasteiger partial charge in [0.15, 0.2) is 6.10 Å². The Morgan fingerprint density at radius 3 is 1.63 bits per heavy atom. The van der Waals surface area contributed by atoms with E-state index in [0.717, 1.165) is 83.5 Å². The number of hydrogen-bond acceptors (Lipinski definition) is 9. The first-order valence-corrected chi connectivity index (χ1v) is 20.8. The van der Waals surface area contributed by atoms with Crippen LogP contribution in [0.3, 0.4) is 0 Å². The smallest absolute Gasteiger partial charge is 0.472 e. The Bertz CT molecular complexity index is 1120. The van der Waals surface area contributed by atoms with Gasteiger partial charge in [0, 0.05) is 12.8 Å². The Morgan fingerprint density at radius 2 is 1.08 bits per heavy atom. The minimum atomic E-state index is -4.72. The van der Waals surface area contributed by atoms with Crippen molar-refractivity contribution < 1.29 is 47.5 Å². The van der Waals surface area contributed by atoms with Crippen LogP contribution in [0.4, 0.5) is 0 Å². The summed E-state index contributed by atoms with van der Waals surface area (Å²) < 4.78 is 32.5. The number of aliphatic carboxylic acids is 1. The van der Waals surface area contributed by atoms with Gasteiger partial charge in [0.05, 0.1) is 13.2 Å². The van der Waals surface area contributed by atoms with Gasteiger partial charge >= 0.3 is 25.7 Å². The predicted octanol–water partition coefficient (Wildman–Crippen LogP) is 9.61. The second-order valence-electron chi connectivity index (χ2n) is 12.7. The summed E-state index contributed by atoms with van der Waals surface area (Å²) in [4.78, 5) is 45.8. The number of nitrogens with two attached hydrogens (primary N) is 1. The number of esters is 2. The molecule has 52 heavy (non-hydrogen) atoms. The molecule has 0 bridgehead atoms. The van der Waals surface area contributed by atoms with E-state index in [1.807, 2.05) is 0 Å². The molecular formula is C40H68NO10P. The van der Waals surface area contributed by atoms with Crippen LogP contribution in [0.5, 0.6) is 0 Å². The van der Waals surface area contributed by atoms with Crippen LogP contribution in [0.1, 0.15) is 142 Å². The lowest BCUT2D eigenvalue weighted by Gasteiger charge is -2.20. The summed E-state index contributed by atoms with van der Waals surface area (Å²) in [6, 6.07) is -1.53. The number of phosphoric ester groups is 1. The van der Waals surface area contributed by atoms with Crippen LogP contribution >= 0.6 is 7.82 Å². The zero-order valence-corrected chi connectivity index (χ0v) is 32.8. The van der Waals surface area contributed by atoms with Gasteiger partial charge in [-0.1, -0.05) is 113 Å². The van der Waals surface area contributed by atoms with E-state index in [1.54, 1.807) is 0 Å². The molecule has 0 rings (SSSR count). The minimum Gasteiger partial charge on any atom is -0.480 e. The van der Waals surface area contributed by atoms with Gasteiger partial charge in [-0.2, -0.15) is 0 Å².